The van der Waals surface area contributed by atoms with Crippen LogP contribution in [0.4, 0.5) is 11.4 Å². The predicted molar refractivity (Wildman–Crippen MR) is 117 cm³/mol. The summed E-state index contributed by atoms with van der Waals surface area (Å²) in [7, 11) is 0. The van der Waals surface area contributed by atoms with Crippen LogP contribution in [0.15, 0.2) is 62.2 Å². The second-order valence-corrected chi connectivity index (χ2v) is 8.38. The van der Waals surface area contributed by atoms with Gasteiger partial charge in [0.15, 0.2) is 6.61 Å². The second kappa shape index (κ2) is 7.66. The molecular formula is C22H17BrN2O6. The van der Waals surface area contributed by atoms with Gasteiger partial charge in [0, 0.05) is 9.86 Å². The maximum absolute atomic E-state index is 13.0. The zero-order valence-corrected chi connectivity index (χ0v) is 18.2. The lowest BCUT2D eigenvalue weighted by molar-refractivity contribution is -0.128. The largest absolute Gasteiger partial charge is 0.452 e. The number of para-hydroxylation sites is 2. The summed E-state index contributed by atoms with van der Waals surface area (Å²) in [6.45, 7) is 2.53. The molecule has 0 spiro atoms. The molecule has 9 heteroatoms. The number of fused-ring (bicyclic) bond motifs is 2. The molecule has 2 amide bonds. The molecule has 0 bridgehead atoms. The quantitative estimate of drug-likeness (QED) is 0.450. The number of halogens is 1. The molecule has 0 saturated carbocycles. The van der Waals surface area contributed by atoms with E-state index in [4.69, 9.17) is 9.15 Å². The first-order valence-electron chi connectivity index (χ1n) is 9.32. The number of benzene rings is 2. The van der Waals surface area contributed by atoms with E-state index in [1.54, 1.807) is 56.3 Å². The highest BCUT2D eigenvalue weighted by atomic mass is 79.9. The van der Waals surface area contributed by atoms with Gasteiger partial charge in [-0.1, -0.05) is 28.1 Å². The minimum absolute atomic E-state index is 0.318. The van der Waals surface area contributed by atoms with Crippen LogP contribution in [0.1, 0.15) is 24.2 Å². The third-order valence-corrected chi connectivity index (χ3v) is 5.49. The number of anilines is 2. The highest BCUT2D eigenvalue weighted by molar-refractivity contribution is 9.10. The zero-order valence-electron chi connectivity index (χ0n) is 16.6. The van der Waals surface area contributed by atoms with E-state index in [2.05, 4.69) is 21.2 Å². The first kappa shape index (κ1) is 20.8. The lowest BCUT2D eigenvalue weighted by Gasteiger charge is -2.41. The van der Waals surface area contributed by atoms with Crippen molar-refractivity contribution in [2.45, 2.75) is 19.4 Å². The number of carbonyl (C=O) groups excluding carboxylic acids is 3. The predicted octanol–water partition coefficient (Wildman–Crippen LogP) is 3.48. The number of nitrogens with one attached hydrogen (secondary N) is 1. The Morgan fingerprint density at radius 3 is 2.65 bits per heavy atom. The Morgan fingerprint density at radius 2 is 1.87 bits per heavy atom. The van der Waals surface area contributed by atoms with Crippen LogP contribution in [0.3, 0.4) is 0 Å². The summed E-state index contributed by atoms with van der Waals surface area (Å²) >= 11 is 3.32. The summed E-state index contributed by atoms with van der Waals surface area (Å²) < 4.78 is 11.0. The smallest absolute Gasteiger partial charge is 0.351 e. The van der Waals surface area contributed by atoms with Gasteiger partial charge < -0.3 is 14.5 Å². The topological polar surface area (TPSA) is 106 Å². The van der Waals surface area contributed by atoms with Crippen molar-refractivity contribution in [2.75, 3.05) is 16.8 Å². The number of rotatable bonds is 3. The van der Waals surface area contributed by atoms with E-state index in [1.807, 2.05) is 0 Å². The van der Waals surface area contributed by atoms with Crippen LogP contribution < -0.4 is 15.8 Å². The number of esters is 1. The van der Waals surface area contributed by atoms with E-state index in [0.29, 0.717) is 22.3 Å². The Balaban J connectivity index is 1.58. The Bertz CT molecular complexity index is 1300. The standard InChI is InChI=1S/C22H17BrN2O6/c1-22(2)21(29)24-15-5-3-4-6-16(15)25(22)18(26)11-30-19(27)14-10-12-9-13(23)7-8-17(12)31-20(14)28/h3-10H,11H2,1-2H3,(H,24,29). The van der Waals surface area contributed by atoms with Crippen LogP contribution in [-0.4, -0.2) is 29.9 Å². The van der Waals surface area contributed by atoms with Crippen LogP contribution in [0, 0.1) is 0 Å². The fraction of sp³-hybridized carbons (Fsp3) is 0.182. The Hall–Kier alpha value is -3.46. The van der Waals surface area contributed by atoms with Gasteiger partial charge in [-0.15, -0.1) is 0 Å². The van der Waals surface area contributed by atoms with Crippen molar-refractivity contribution in [1.82, 2.24) is 0 Å². The van der Waals surface area contributed by atoms with Crippen molar-refractivity contribution in [2.24, 2.45) is 0 Å². The molecule has 8 nitrogen and oxygen atoms in total. The van der Waals surface area contributed by atoms with E-state index in [9.17, 15) is 19.2 Å². The molecule has 1 aromatic heterocycles. The molecule has 2 aromatic carbocycles. The van der Waals surface area contributed by atoms with Gasteiger partial charge >= 0.3 is 11.6 Å². The van der Waals surface area contributed by atoms with E-state index >= 15 is 0 Å². The molecule has 0 radical (unpaired) electrons. The lowest BCUT2D eigenvalue weighted by atomic mass is 9.96. The van der Waals surface area contributed by atoms with Gasteiger partial charge in [-0.2, -0.15) is 0 Å². The van der Waals surface area contributed by atoms with Crippen molar-refractivity contribution in [3.8, 4) is 0 Å². The van der Waals surface area contributed by atoms with Crippen molar-refractivity contribution < 1.29 is 23.5 Å². The van der Waals surface area contributed by atoms with Gasteiger partial charge in [0.05, 0.1) is 11.4 Å². The van der Waals surface area contributed by atoms with Crippen LogP contribution in [0.5, 0.6) is 0 Å². The maximum Gasteiger partial charge on any atom is 0.351 e. The number of ether oxygens (including phenoxy) is 1. The molecule has 0 fully saturated rings. The average Bonchev–Trinajstić information content (AvgIpc) is 2.72. The van der Waals surface area contributed by atoms with E-state index < -0.39 is 29.6 Å². The van der Waals surface area contributed by atoms with Crippen molar-refractivity contribution in [3.63, 3.8) is 0 Å². The number of nitrogens with zero attached hydrogens (tertiary/aromatic N) is 1. The van der Waals surface area contributed by atoms with E-state index in [1.165, 1.54) is 11.0 Å². The maximum atomic E-state index is 13.0. The van der Waals surface area contributed by atoms with Gasteiger partial charge in [-0.05, 0) is 50.2 Å². The summed E-state index contributed by atoms with van der Waals surface area (Å²) in [6.07, 6.45) is 0. The fourth-order valence-electron chi connectivity index (χ4n) is 3.40. The lowest BCUT2D eigenvalue weighted by Crippen LogP contribution is -2.59. The number of amides is 2. The van der Waals surface area contributed by atoms with Crippen molar-refractivity contribution in [1.29, 1.82) is 0 Å². The minimum atomic E-state index is -1.20. The third-order valence-electron chi connectivity index (χ3n) is 5.00. The highest BCUT2D eigenvalue weighted by Crippen LogP contribution is 2.36. The average molecular weight is 485 g/mol. The Labute approximate surface area is 184 Å². The molecule has 0 aliphatic carbocycles. The third kappa shape index (κ3) is 3.72. The van der Waals surface area contributed by atoms with Crippen molar-refractivity contribution >= 4 is 56.1 Å². The molecule has 0 saturated heterocycles. The van der Waals surface area contributed by atoms with E-state index in [0.717, 1.165) is 4.47 Å². The molecule has 3 aromatic rings. The van der Waals surface area contributed by atoms with E-state index in [-0.39, 0.29) is 11.5 Å². The molecule has 2 heterocycles. The molecule has 1 aliphatic rings. The van der Waals surface area contributed by atoms with Crippen LogP contribution in [-0.2, 0) is 14.3 Å². The summed E-state index contributed by atoms with van der Waals surface area (Å²) in [6, 6.07) is 13.2. The molecule has 0 atom stereocenters. The van der Waals surface area contributed by atoms with Crippen LogP contribution in [0.2, 0.25) is 0 Å². The van der Waals surface area contributed by atoms with Crippen LogP contribution >= 0.6 is 15.9 Å². The summed E-state index contributed by atoms with van der Waals surface area (Å²) in [4.78, 5) is 51.4. The van der Waals surface area contributed by atoms with Crippen molar-refractivity contribution in [3.05, 3.63) is 69.0 Å². The first-order chi connectivity index (χ1) is 14.7. The highest BCUT2D eigenvalue weighted by Gasteiger charge is 2.43. The summed E-state index contributed by atoms with van der Waals surface area (Å²) in [5.41, 5.74) is -1.11. The summed E-state index contributed by atoms with van der Waals surface area (Å²) in [5.74, 6) is -1.96. The zero-order chi connectivity index (χ0) is 22.3. The second-order valence-electron chi connectivity index (χ2n) is 7.47. The van der Waals surface area contributed by atoms with Gasteiger partial charge in [-0.3, -0.25) is 14.5 Å². The molecule has 31 heavy (non-hydrogen) atoms. The molecular weight excluding hydrogens is 468 g/mol. The summed E-state index contributed by atoms with van der Waals surface area (Å²) in [5, 5.41) is 3.28. The van der Waals surface area contributed by atoms with Gasteiger partial charge in [-0.25, -0.2) is 9.59 Å². The monoisotopic (exact) mass is 484 g/mol. The van der Waals surface area contributed by atoms with Crippen LogP contribution in [0.25, 0.3) is 11.0 Å². The van der Waals surface area contributed by atoms with Gasteiger partial charge in [0.25, 0.3) is 5.91 Å². The molecule has 158 valence electrons. The number of hydrogen-bond donors (Lipinski definition) is 1. The number of hydrogen-bond acceptors (Lipinski definition) is 6. The molecule has 4 rings (SSSR count). The molecule has 1 N–H and O–H groups in total. The van der Waals surface area contributed by atoms with Gasteiger partial charge in [0.2, 0.25) is 5.91 Å². The fourth-order valence-corrected chi connectivity index (χ4v) is 3.78. The normalized spacial score (nSPS) is 14.7. The Morgan fingerprint density at radius 1 is 1.13 bits per heavy atom. The molecule has 1 aliphatic heterocycles. The van der Waals surface area contributed by atoms with Gasteiger partial charge in [0.1, 0.15) is 16.7 Å². The molecule has 0 unspecified atom stereocenters. The minimum Gasteiger partial charge on any atom is -0.452 e. The first-order valence-corrected chi connectivity index (χ1v) is 10.1. The Kier molecular flexibility index (Phi) is 5.14. The SMILES string of the molecule is CC1(C)C(=O)Nc2ccccc2N1C(=O)COC(=O)c1cc2cc(Br)ccc2oc1=O. The number of carbonyl (C=O) groups is 3.